The van der Waals surface area contributed by atoms with Crippen LogP contribution >= 0.6 is 0 Å². The van der Waals surface area contributed by atoms with Gasteiger partial charge in [-0.2, -0.15) is 13.2 Å². The Bertz CT molecular complexity index is 1680. The first-order valence-corrected chi connectivity index (χ1v) is 17.8. The number of methoxy groups -OCH3 is 1. The Morgan fingerprint density at radius 1 is 0.904 bits per heavy atom. The minimum atomic E-state index is -4.58. The average molecular weight is 727 g/mol. The fourth-order valence-electron chi connectivity index (χ4n) is 7.02. The molecule has 2 heterocycles. The number of ether oxygens (including phenoxy) is 3. The molecule has 5 rings (SSSR count). The Hall–Kier alpha value is -4.12. The van der Waals surface area contributed by atoms with E-state index in [1.165, 1.54) is 6.07 Å². The molecule has 11 heteroatoms. The number of amides is 1. The van der Waals surface area contributed by atoms with Gasteiger partial charge in [-0.05, 0) is 101 Å². The summed E-state index contributed by atoms with van der Waals surface area (Å²) >= 11 is 0. The molecule has 2 fully saturated rings. The van der Waals surface area contributed by atoms with Crippen molar-refractivity contribution in [3.05, 3.63) is 95.1 Å². The summed E-state index contributed by atoms with van der Waals surface area (Å²) in [5.74, 6) is -1.17. The second-order valence-electron chi connectivity index (χ2n) is 15.6. The molecule has 3 aromatic carbocycles. The van der Waals surface area contributed by atoms with Gasteiger partial charge in [0.15, 0.2) is 0 Å². The molecule has 0 bridgehead atoms. The Morgan fingerprint density at radius 3 is 2.15 bits per heavy atom. The molecular formula is C41H50F4N2O5. The summed E-state index contributed by atoms with van der Waals surface area (Å²) in [7, 11) is 1.56. The number of likely N-dealkylation sites (tertiary alicyclic amines) is 2. The molecule has 52 heavy (non-hydrogen) atoms. The second kappa shape index (κ2) is 15.5. The molecule has 3 aromatic rings. The van der Waals surface area contributed by atoms with E-state index in [2.05, 4.69) is 0 Å². The second-order valence-corrected chi connectivity index (χ2v) is 15.6. The van der Waals surface area contributed by atoms with Crippen molar-refractivity contribution in [1.29, 1.82) is 0 Å². The van der Waals surface area contributed by atoms with Crippen LogP contribution in [0.15, 0.2) is 72.8 Å². The van der Waals surface area contributed by atoms with E-state index < -0.39 is 40.6 Å². The van der Waals surface area contributed by atoms with E-state index in [-0.39, 0.29) is 56.5 Å². The lowest BCUT2D eigenvalue weighted by Gasteiger charge is -2.38. The number of rotatable bonds is 11. The van der Waals surface area contributed by atoms with E-state index in [4.69, 9.17) is 14.2 Å². The summed E-state index contributed by atoms with van der Waals surface area (Å²) in [6, 6.07) is 19.9. The van der Waals surface area contributed by atoms with Crippen LogP contribution in [0, 0.1) is 5.41 Å². The van der Waals surface area contributed by atoms with E-state index in [9.17, 15) is 22.8 Å². The van der Waals surface area contributed by atoms with Gasteiger partial charge in [-0.15, -0.1) is 0 Å². The predicted octanol–water partition coefficient (Wildman–Crippen LogP) is 8.56. The number of nitrogens with zero attached hydrogens (tertiary/aromatic N) is 2. The predicted molar refractivity (Wildman–Crippen MR) is 191 cm³/mol. The van der Waals surface area contributed by atoms with Crippen LogP contribution in [0.2, 0.25) is 0 Å². The van der Waals surface area contributed by atoms with Crippen molar-refractivity contribution >= 4 is 11.9 Å². The Labute approximate surface area is 304 Å². The highest BCUT2D eigenvalue weighted by atomic mass is 19.4. The summed E-state index contributed by atoms with van der Waals surface area (Å²) in [4.78, 5) is 30.5. The topological polar surface area (TPSA) is 68.3 Å². The SMILES string of the molecule is COc1ccc([C@@H]2CN(C(C)(C)C)C[C@@]2(F)C(=O)N2CCC(c3ccc(C(F)(F)F)cc3OCCC(C)(C)C(=O)OCc3ccccc3)CC2)cc1. The van der Waals surface area contributed by atoms with Gasteiger partial charge in [0.1, 0.15) is 18.1 Å². The van der Waals surface area contributed by atoms with Gasteiger partial charge >= 0.3 is 12.1 Å². The number of piperidine rings is 1. The number of benzene rings is 3. The normalized spacial score (nSPS) is 20.5. The summed E-state index contributed by atoms with van der Waals surface area (Å²) < 4.78 is 75.4. The third-order valence-corrected chi connectivity index (χ3v) is 10.5. The van der Waals surface area contributed by atoms with E-state index in [0.717, 1.165) is 23.3 Å². The lowest BCUT2D eigenvalue weighted by atomic mass is 9.83. The number of alkyl halides is 4. The van der Waals surface area contributed by atoms with Crippen LogP contribution in [0.1, 0.15) is 88.0 Å². The average Bonchev–Trinajstić information content (AvgIpc) is 3.49. The molecule has 2 aliphatic rings. The van der Waals surface area contributed by atoms with Gasteiger partial charge in [-0.1, -0.05) is 48.5 Å². The molecular weight excluding hydrogens is 676 g/mol. The molecule has 0 unspecified atom stereocenters. The summed E-state index contributed by atoms with van der Waals surface area (Å²) in [6.07, 6.45) is -3.51. The molecule has 7 nitrogen and oxygen atoms in total. The van der Waals surface area contributed by atoms with E-state index in [1.807, 2.05) is 68.1 Å². The fourth-order valence-corrected chi connectivity index (χ4v) is 7.02. The summed E-state index contributed by atoms with van der Waals surface area (Å²) in [5, 5.41) is 0. The van der Waals surface area contributed by atoms with Crippen LogP contribution in [0.5, 0.6) is 11.5 Å². The number of hydrogen-bond acceptors (Lipinski definition) is 6. The molecule has 0 spiro atoms. The zero-order valence-electron chi connectivity index (χ0n) is 30.9. The Balaban J connectivity index is 1.27. The van der Waals surface area contributed by atoms with Gasteiger partial charge in [-0.3, -0.25) is 14.5 Å². The van der Waals surface area contributed by atoms with Crippen molar-refractivity contribution < 1.29 is 41.4 Å². The van der Waals surface area contributed by atoms with E-state index in [1.54, 1.807) is 38.0 Å². The highest BCUT2D eigenvalue weighted by Gasteiger charge is 2.57. The van der Waals surface area contributed by atoms with Gasteiger partial charge in [-0.25, -0.2) is 4.39 Å². The number of halogens is 4. The highest BCUT2D eigenvalue weighted by molar-refractivity contribution is 5.87. The quantitative estimate of drug-likeness (QED) is 0.146. The largest absolute Gasteiger partial charge is 0.497 e. The number of carbonyl (C=O) groups excluding carboxylic acids is 2. The molecule has 0 N–H and O–H groups in total. The molecule has 0 aliphatic carbocycles. The smallest absolute Gasteiger partial charge is 0.416 e. The molecule has 2 saturated heterocycles. The zero-order chi connectivity index (χ0) is 37.9. The maximum atomic E-state index is 17.2. The van der Waals surface area contributed by atoms with Crippen molar-refractivity contribution in [3.63, 3.8) is 0 Å². The van der Waals surface area contributed by atoms with Crippen molar-refractivity contribution in [2.75, 3.05) is 39.9 Å². The van der Waals surface area contributed by atoms with Crippen LogP contribution < -0.4 is 9.47 Å². The third kappa shape index (κ3) is 8.90. The van der Waals surface area contributed by atoms with Crippen LogP contribution in [-0.4, -0.2) is 72.8 Å². The van der Waals surface area contributed by atoms with Gasteiger partial charge in [0.2, 0.25) is 5.67 Å². The van der Waals surface area contributed by atoms with Crippen LogP contribution in [0.3, 0.4) is 0 Å². The number of esters is 1. The number of hydrogen-bond donors (Lipinski definition) is 0. The maximum Gasteiger partial charge on any atom is 0.416 e. The van der Waals surface area contributed by atoms with E-state index >= 15 is 4.39 Å². The molecule has 0 radical (unpaired) electrons. The monoisotopic (exact) mass is 726 g/mol. The lowest BCUT2D eigenvalue weighted by molar-refractivity contribution is -0.156. The Kier molecular flexibility index (Phi) is 11.6. The van der Waals surface area contributed by atoms with Crippen molar-refractivity contribution in [1.82, 2.24) is 9.80 Å². The fraction of sp³-hybridized carbons (Fsp3) is 0.512. The Morgan fingerprint density at radius 2 is 1.56 bits per heavy atom. The molecule has 1 amide bonds. The van der Waals surface area contributed by atoms with Crippen molar-refractivity contribution in [2.24, 2.45) is 5.41 Å². The van der Waals surface area contributed by atoms with Gasteiger partial charge in [0.05, 0.1) is 24.7 Å². The first kappa shape index (κ1) is 39.1. The molecule has 2 atom stereocenters. The van der Waals surface area contributed by atoms with Gasteiger partial charge in [0.25, 0.3) is 5.91 Å². The standard InChI is InChI=1S/C41H50F4N2O5/c1-38(2,3)47-25-34(30-12-15-32(50-6)16-13-30)40(42,27-47)36(48)46-21-18-29(19-22-46)33-17-14-31(41(43,44)45)24-35(33)51-23-20-39(4,5)37(49)52-26-28-10-8-7-9-11-28/h7-17,24,29,34H,18-23,25-27H2,1-6H3/t34-,40-/m0/s1. The van der Waals surface area contributed by atoms with Crippen molar-refractivity contribution in [3.8, 4) is 11.5 Å². The maximum absolute atomic E-state index is 17.2. The third-order valence-electron chi connectivity index (χ3n) is 10.5. The zero-order valence-corrected chi connectivity index (χ0v) is 30.9. The summed E-state index contributed by atoms with van der Waals surface area (Å²) in [6.45, 7) is 10.4. The minimum absolute atomic E-state index is 0.0134. The van der Waals surface area contributed by atoms with Gasteiger partial charge < -0.3 is 19.1 Å². The van der Waals surface area contributed by atoms with Crippen molar-refractivity contribution in [2.45, 2.75) is 89.7 Å². The van der Waals surface area contributed by atoms with Crippen LogP contribution in [0.4, 0.5) is 17.6 Å². The first-order chi connectivity index (χ1) is 24.4. The number of carbonyl (C=O) groups is 2. The first-order valence-electron chi connectivity index (χ1n) is 17.8. The highest BCUT2D eigenvalue weighted by Crippen LogP contribution is 2.45. The molecule has 282 valence electrons. The molecule has 0 aromatic heterocycles. The van der Waals surface area contributed by atoms with Crippen LogP contribution in [0.25, 0.3) is 0 Å². The van der Waals surface area contributed by atoms with Gasteiger partial charge in [0, 0.05) is 37.6 Å². The lowest BCUT2D eigenvalue weighted by Crippen LogP contribution is -2.53. The molecule has 0 saturated carbocycles. The minimum Gasteiger partial charge on any atom is -0.497 e. The van der Waals surface area contributed by atoms with Crippen LogP contribution in [-0.2, 0) is 27.1 Å². The summed E-state index contributed by atoms with van der Waals surface area (Å²) in [5.41, 5.74) is -2.15. The molecule has 2 aliphatic heterocycles. The van der Waals surface area contributed by atoms with E-state index in [0.29, 0.717) is 30.7 Å².